The number of aromatic nitrogens is 1. The zero-order valence-electron chi connectivity index (χ0n) is 10.9. The van der Waals surface area contributed by atoms with Gasteiger partial charge in [0.2, 0.25) is 0 Å². The van der Waals surface area contributed by atoms with Crippen molar-refractivity contribution in [1.82, 2.24) is 9.88 Å². The molecule has 0 amide bonds. The number of thiazole rings is 1. The first-order valence-electron chi connectivity index (χ1n) is 6.22. The second-order valence-corrected chi connectivity index (χ2v) is 5.86. The van der Waals surface area contributed by atoms with Crippen molar-refractivity contribution in [3.8, 4) is 0 Å². The monoisotopic (exact) mass is 268 g/mol. The minimum atomic E-state index is 0.129. The maximum absolute atomic E-state index is 7.62. The average Bonchev–Trinajstić information content (AvgIpc) is 2.74. The molecule has 0 aromatic carbocycles. The average molecular weight is 268 g/mol. The van der Waals surface area contributed by atoms with Crippen LogP contribution in [-0.2, 0) is 11.3 Å². The molecule has 6 heteroatoms. The summed E-state index contributed by atoms with van der Waals surface area (Å²) < 4.78 is 5.33. The van der Waals surface area contributed by atoms with Crippen molar-refractivity contribution in [2.75, 3.05) is 26.3 Å². The quantitative estimate of drug-likeness (QED) is 0.639. The normalized spacial score (nSPS) is 17.3. The number of nitrogens with one attached hydrogen (secondary N) is 1. The Morgan fingerprint density at radius 1 is 1.50 bits per heavy atom. The Kier molecular flexibility index (Phi) is 4.31. The SMILES string of the molecule is CC(C)c1nc(CN2CCOCC2)sc1C(=N)N. The van der Waals surface area contributed by atoms with E-state index >= 15 is 0 Å². The number of hydrogen-bond donors (Lipinski definition) is 2. The van der Waals surface area contributed by atoms with E-state index in [9.17, 15) is 0 Å². The third-order valence-corrected chi connectivity index (χ3v) is 4.04. The molecule has 1 fully saturated rings. The molecular weight excluding hydrogens is 248 g/mol. The van der Waals surface area contributed by atoms with Crippen molar-refractivity contribution in [2.45, 2.75) is 26.3 Å². The van der Waals surface area contributed by atoms with Gasteiger partial charge >= 0.3 is 0 Å². The van der Waals surface area contributed by atoms with Gasteiger partial charge in [-0.25, -0.2) is 4.98 Å². The van der Waals surface area contributed by atoms with Crippen LogP contribution in [0.25, 0.3) is 0 Å². The highest BCUT2D eigenvalue weighted by Crippen LogP contribution is 2.25. The van der Waals surface area contributed by atoms with Gasteiger partial charge in [-0.1, -0.05) is 13.8 Å². The highest BCUT2D eigenvalue weighted by molar-refractivity contribution is 7.13. The lowest BCUT2D eigenvalue weighted by molar-refractivity contribution is 0.0341. The molecular formula is C12H20N4OS. The summed E-state index contributed by atoms with van der Waals surface area (Å²) in [5.74, 6) is 0.433. The zero-order valence-corrected chi connectivity index (χ0v) is 11.7. The van der Waals surface area contributed by atoms with E-state index in [1.54, 1.807) is 11.3 Å². The molecule has 1 aliphatic heterocycles. The van der Waals surface area contributed by atoms with Gasteiger partial charge in [-0.15, -0.1) is 11.3 Å². The highest BCUT2D eigenvalue weighted by atomic mass is 32.1. The summed E-state index contributed by atoms with van der Waals surface area (Å²) in [6, 6.07) is 0. The third kappa shape index (κ3) is 3.07. The lowest BCUT2D eigenvalue weighted by Crippen LogP contribution is -2.35. The molecule has 0 atom stereocenters. The molecule has 0 aliphatic carbocycles. The molecule has 5 nitrogen and oxygen atoms in total. The van der Waals surface area contributed by atoms with Gasteiger partial charge < -0.3 is 10.5 Å². The van der Waals surface area contributed by atoms with Crippen molar-refractivity contribution in [3.05, 3.63) is 15.6 Å². The van der Waals surface area contributed by atoms with Crippen LogP contribution in [0, 0.1) is 5.41 Å². The highest BCUT2D eigenvalue weighted by Gasteiger charge is 2.18. The summed E-state index contributed by atoms with van der Waals surface area (Å²) in [5, 5.41) is 8.66. The molecule has 2 heterocycles. The van der Waals surface area contributed by atoms with Crippen LogP contribution in [0.5, 0.6) is 0 Å². The number of nitrogens with zero attached hydrogens (tertiary/aromatic N) is 2. The Morgan fingerprint density at radius 3 is 2.67 bits per heavy atom. The first-order chi connectivity index (χ1) is 8.58. The fourth-order valence-corrected chi connectivity index (χ4v) is 3.10. The van der Waals surface area contributed by atoms with Gasteiger partial charge in [0.25, 0.3) is 0 Å². The fraction of sp³-hybridized carbons (Fsp3) is 0.667. The van der Waals surface area contributed by atoms with Gasteiger partial charge in [-0.05, 0) is 5.92 Å². The summed E-state index contributed by atoms with van der Waals surface area (Å²) in [7, 11) is 0. The van der Waals surface area contributed by atoms with Crippen LogP contribution in [0.1, 0.15) is 35.3 Å². The topological polar surface area (TPSA) is 75.2 Å². The number of morpholine rings is 1. The number of hydrogen-bond acceptors (Lipinski definition) is 5. The molecule has 100 valence electrons. The Labute approximate surface area is 111 Å². The summed E-state index contributed by atoms with van der Waals surface area (Å²) >= 11 is 1.55. The number of amidine groups is 1. The summed E-state index contributed by atoms with van der Waals surface area (Å²) in [4.78, 5) is 7.80. The molecule has 1 saturated heterocycles. The maximum Gasteiger partial charge on any atom is 0.135 e. The van der Waals surface area contributed by atoms with Crippen molar-refractivity contribution in [2.24, 2.45) is 5.73 Å². The van der Waals surface area contributed by atoms with Crippen LogP contribution in [-0.4, -0.2) is 42.0 Å². The number of nitrogen functional groups attached to an aromatic ring is 1. The van der Waals surface area contributed by atoms with E-state index in [-0.39, 0.29) is 5.84 Å². The predicted molar refractivity (Wildman–Crippen MR) is 73.3 cm³/mol. The number of ether oxygens (including phenoxy) is 1. The van der Waals surface area contributed by atoms with Gasteiger partial charge in [-0.2, -0.15) is 0 Å². The molecule has 3 N–H and O–H groups in total. The molecule has 0 radical (unpaired) electrons. The Bertz CT molecular complexity index is 424. The van der Waals surface area contributed by atoms with E-state index in [2.05, 4.69) is 23.7 Å². The first-order valence-corrected chi connectivity index (χ1v) is 7.03. The lowest BCUT2D eigenvalue weighted by atomic mass is 10.1. The van der Waals surface area contributed by atoms with Crippen LogP contribution in [0.4, 0.5) is 0 Å². The van der Waals surface area contributed by atoms with Gasteiger partial charge in [0.1, 0.15) is 10.8 Å². The van der Waals surface area contributed by atoms with E-state index in [4.69, 9.17) is 15.9 Å². The number of rotatable bonds is 4. The van der Waals surface area contributed by atoms with E-state index < -0.39 is 0 Å². The van der Waals surface area contributed by atoms with Crippen LogP contribution in [0.3, 0.4) is 0 Å². The summed E-state index contributed by atoms with van der Waals surface area (Å²) in [6.45, 7) is 8.49. The van der Waals surface area contributed by atoms with E-state index in [1.165, 1.54) is 0 Å². The lowest BCUT2D eigenvalue weighted by Gasteiger charge is -2.25. The van der Waals surface area contributed by atoms with Crippen molar-refractivity contribution < 1.29 is 4.74 Å². The molecule has 18 heavy (non-hydrogen) atoms. The maximum atomic E-state index is 7.62. The summed E-state index contributed by atoms with van der Waals surface area (Å²) in [5.41, 5.74) is 6.57. The molecule has 2 rings (SSSR count). The Hall–Kier alpha value is -0.980. The van der Waals surface area contributed by atoms with E-state index in [0.29, 0.717) is 5.92 Å². The van der Waals surface area contributed by atoms with Crippen LogP contribution in [0.15, 0.2) is 0 Å². The first kappa shape index (κ1) is 13.5. The van der Waals surface area contributed by atoms with Gasteiger partial charge in [0, 0.05) is 13.1 Å². The van der Waals surface area contributed by atoms with Crippen LogP contribution in [0.2, 0.25) is 0 Å². The second-order valence-electron chi connectivity index (χ2n) is 4.78. The van der Waals surface area contributed by atoms with Crippen molar-refractivity contribution >= 4 is 17.2 Å². The van der Waals surface area contributed by atoms with Crippen LogP contribution >= 0.6 is 11.3 Å². The fourth-order valence-electron chi connectivity index (χ4n) is 1.98. The standard InChI is InChI=1S/C12H20N4OS/c1-8(2)10-11(12(13)14)18-9(15-10)7-16-3-5-17-6-4-16/h8H,3-7H2,1-2H3,(H3,13,14). The second kappa shape index (κ2) is 5.77. The Morgan fingerprint density at radius 2 is 2.17 bits per heavy atom. The predicted octanol–water partition coefficient (Wildman–Crippen LogP) is 1.38. The minimum absolute atomic E-state index is 0.129. The summed E-state index contributed by atoms with van der Waals surface area (Å²) in [6.07, 6.45) is 0. The van der Waals surface area contributed by atoms with Gasteiger partial charge in [-0.3, -0.25) is 10.3 Å². The van der Waals surface area contributed by atoms with Gasteiger partial charge in [0.15, 0.2) is 0 Å². The van der Waals surface area contributed by atoms with E-state index in [1.807, 2.05) is 0 Å². The smallest absolute Gasteiger partial charge is 0.135 e. The molecule has 1 aliphatic rings. The Balaban J connectivity index is 2.13. The van der Waals surface area contributed by atoms with Gasteiger partial charge in [0.05, 0.1) is 30.3 Å². The molecule has 0 bridgehead atoms. The molecule has 0 spiro atoms. The van der Waals surface area contributed by atoms with Crippen LogP contribution < -0.4 is 5.73 Å². The van der Waals surface area contributed by atoms with E-state index in [0.717, 1.165) is 48.4 Å². The van der Waals surface area contributed by atoms with Crippen molar-refractivity contribution in [3.63, 3.8) is 0 Å². The largest absolute Gasteiger partial charge is 0.383 e. The number of nitrogens with two attached hydrogens (primary N) is 1. The molecule has 0 unspecified atom stereocenters. The minimum Gasteiger partial charge on any atom is -0.383 e. The molecule has 1 aromatic rings. The molecule has 1 aromatic heterocycles. The molecule has 0 saturated carbocycles. The third-order valence-electron chi connectivity index (χ3n) is 2.95. The zero-order chi connectivity index (χ0) is 13.1. The van der Waals surface area contributed by atoms with Crippen molar-refractivity contribution in [1.29, 1.82) is 5.41 Å².